The molecule has 2 heterocycles. The Morgan fingerprint density at radius 2 is 0.906 bits per heavy atom. The van der Waals surface area contributed by atoms with E-state index in [9.17, 15) is 28.8 Å². The van der Waals surface area contributed by atoms with Crippen molar-refractivity contribution in [2.75, 3.05) is 6.54 Å². The van der Waals surface area contributed by atoms with Gasteiger partial charge < -0.3 is 31.5 Å². The summed E-state index contributed by atoms with van der Waals surface area (Å²) in [5.74, 6) is -3.26. The molecule has 12 heteroatoms. The van der Waals surface area contributed by atoms with E-state index in [2.05, 4.69) is 26.6 Å². The maximum atomic E-state index is 12.9. The van der Waals surface area contributed by atoms with Gasteiger partial charge in [-0.3, -0.25) is 28.8 Å². The third kappa shape index (κ3) is 5.95. The van der Waals surface area contributed by atoms with E-state index in [0.29, 0.717) is 19.4 Å². The van der Waals surface area contributed by atoms with Crippen LogP contribution in [0.4, 0.5) is 0 Å². The average molecular weight is 453 g/mol. The number of nitrogens with one attached hydrogen (secondary N) is 5. The second-order valence-corrected chi connectivity index (χ2v) is 8.34. The largest absolute Gasteiger partial charge is 0.343 e. The van der Waals surface area contributed by atoms with Crippen LogP contribution in [0.25, 0.3) is 0 Å². The fourth-order valence-electron chi connectivity index (χ4n) is 3.54. The van der Waals surface area contributed by atoms with Crippen LogP contribution in [0.2, 0.25) is 0 Å². The molecule has 2 saturated heterocycles. The molecular formula is C20H32N6O6. The molecule has 32 heavy (non-hydrogen) atoms. The first-order chi connectivity index (χ1) is 14.9. The van der Waals surface area contributed by atoms with Gasteiger partial charge >= 0.3 is 0 Å². The fraction of sp³-hybridized carbons (Fsp3) is 0.700. The summed E-state index contributed by atoms with van der Waals surface area (Å²) in [6.45, 7) is 7.65. The summed E-state index contributed by atoms with van der Waals surface area (Å²) in [6, 6.07) is -5.55. The average Bonchev–Trinajstić information content (AvgIpc) is 3.21. The highest BCUT2D eigenvalue weighted by molar-refractivity contribution is 5.97. The van der Waals surface area contributed by atoms with Crippen LogP contribution >= 0.6 is 0 Å². The Hall–Kier alpha value is -3.18. The zero-order valence-corrected chi connectivity index (χ0v) is 19.0. The minimum atomic E-state index is -0.975. The lowest BCUT2D eigenvalue weighted by Crippen LogP contribution is -2.59. The van der Waals surface area contributed by atoms with E-state index in [1.165, 1.54) is 39.5 Å². The Kier molecular flexibility index (Phi) is 8.17. The van der Waals surface area contributed by atoms with Crippen LogP contribution in [-0.2, 0) is 28.8 Å². The number of hydrogen-bond donors (Lipinski definition) is 5. The van der Waals surface area contributed by atoms with Gasteiger partial charge in [0.1, 0.15) is 36.3 Å². The molecule has 0 unspecified atom stereocenters. The Balaban J connectivity index is 2.26. The molecule has 2 aliphatic heterocycles. The van der Waals surface area contributed by atoms with Gasteiger partial charge in [-0.2, -0.15) is 0 Å². The topological polar surface area (TPSA) is 166 Å². The molecule has 0 aliphatic carbocycles. The summed E-state index contributed by atoms with van der Waals surface area (Å²) in [7, 11) is 0. The van der Waals surface area contributed by atoms with Gasteiger partial charge in [-0.25, -0.2) is 0 Å². The van der Waals surface area contributed by atoms with E-state index in [4.69, 9.17) is 0 Å². The smallest absolute Gasteiger partial charge is 0.245 e. The standard InChI is InChI=1S/C20H32N6O6/c1-9-16(28)23-11(3)18(30)25-13(5)20(32)26-8-6-7-14(26)19(31)24-12(4)17(29)22-10(2)15(27)21-9/h9-14H,6-8H2,1-5H3,(H,21,27)(H,22,29)(H,23,28)(H,24,31)(H,25,30)/t9-,10-,11-,12-,13-,14+/m0/s1. The van der Waals surface area contributed by atoms with Crippen molar-refractivity contribution in [2.24, 2.45) is 0 Å². The Labute approximate surface area is 186 Å². The molecule has 2 aliphatic rings. The lowest BCUT2D eigenvalue weighted by Gasteiger charge is -2.29. The maximum Gasteiger partial charge on any atom is 0.245 e. The molecule has 0 saturated carbocycles. The van der Waals surface area contributed by atoms with Gasteiger partial charge in [0, 0.05) is 6.54 Å². The van der Waals surface area contributed by atoms with E-state index >= 15 is 0 Å². The van der Waals surface area contributed by atoms with Crippen molar-refractivity contribution >= 4 is 35.4 Å². The fourth-order valence-corrected chi connectivity index (χ4v) is 3.54. The first kappa shape index (κ1) is 25.1. The highest BCUT2D eigenvalue weighted by Gasteiger charge is 2.38. The molecular weight excluding hydrogens is 420 g/mol. The maximum absolute atomic E-state index is 12.9. The molecule has 0 bridgehead atoms. The molecule has 12 nitrogen and oxygen atoms in total. The van der Waals surface area contributed by atoms with Crippen molar-refractivity contribution in [3.63, 3.8) is 0 Å². The molecule has 0 spiro atoms. The molecule has 0 aromatic heterocycles. The van der Waals surface area contributed by atoms with Crippen LogP contribution in [0.5, 0.6) is 0 Å². The van der Waals surface area contributed by atoms with Crippen LogP contribution in [-0.4, -0.2) is 83.1 Å². The van der Waals surface area contributed by atoms with Gasteiger partial charge in [-0.05, 0) is 47.5 Å². The monoisotopic (exact) mass is 452 g/mol. The van der Waals surface area contributed by atoms with Crippen molar-refractivity contribution in [1.82, 2.24) is 31.5 Å². The van der Waals surface area contributed by atoms with E-state index in [-0.39, 0.29) is 0 Å². The van der Waals surface area contributed by atoms with Crippen LogP contribution in [0, 0.1) is 0 Å². The molecule has 0 radical (unpaired) electrons. The summed E-state index contributed by atoms with van der Waals surface area (Å²) in [5, 5.41) is 12.6. The second-order valence-electron chi connectivity index (χ2n) is 8.34. The molecule has 0 aromatic rings. The zero-order valence-electron chi connectivity index (χ0n) is 19.0. The number of carbonyl (C=O) groups is 6. The number of hydrogen-bond acceptors (Lipinski definition) is 6. The lowest BCUT2D eigenvalue weighted by atomic mass is 10.1. The third-order valence-electron chi connectivity index (χ3n) is 5.58. The highest BCUT2D eigenvalue weighted by atomic mass is 16.2. The van der Waals surface area contributed by atoms with Crippen molar-refractivity contribution in [3.05, 3.63) is 0 Å². The second kappa shape index (κ2) is 10.4. The summed E-state index contributed by atoms with van der Waals surface area (Å²) in [5.41, 5.74) is 0. The number of carbonyl (C=O) groups excluding carboxylic acids is 6. The van der Waals surface area contributed by atoms with Crippen molar-refractivity contribution in [2.45, 2.75) is 83.7 Å². The number of nitrogens with zero attached hydrogens (tertiary/aromatic N) is 1. The summed E-state index contributed by atoms with van der Waals surface area (Å²) in [6.07, 6.45) is 1.03. The third-order valence-corrected chi connectivity index (χ3v) is 5.58. The summed E-state index contributed by atoms with van der Waals surface area (Å²) in [4.78, 5) is 76.6. The first-order valence-electron chi connectivity index (χ1n) is 10.7. The lowest BCUT2D eigenvalue weighted by molar-refractivity contribution is -0.142. The van der Waals surface area contributed by atoms with Gasteiger partial charge in [0.25, 0.3) is 0 Å². The van der Waals surface area contributed by atoms with E-state index in [0.717, 1.165) is 0 Å². The molecule has 2 rings (SSSR count). The van der Waals surface area contributed by atoms with Crippen LogP contribution in [0.15, 0.2) is 0 Å². The van der Waals surface area contributed by atoms with Crippen LogP contribution < -0.4 is 26.6 Å². The predicted molar refractivity (Wildman–Crippen MR) is 113 cm³/mol. The van der Waals surface area contributed by atoms with Gasteiger partial charge in [0.05, 0.1) is 0 Å². The predicted octanol–water partition coefficient (Wildman–Crippen LogP) is -2.49. The van der Waals surface area contributed by atoms with Crippen LogP contribution in [0.1, 0.15) is 47.5 Å². The molecule has 6 atom stereocenters. The number of amides is 6. The number of rotatable bonds is 0. The Morgan fingerprint density at radius 1 is 0.562 bits per heavy atom. The molecule has 6 amide bonds. The molecule has 5 N–H and O–H groups in total. The van der Waals surface area contributed by atoms with E-state index < -0.39 is 71.7 Å². The van der Waals surface area contributed by atoms with Crippen molar-refractivity contribution < 1.29 is 28.8 Å². The van der Waals surface area contributed by atoms with Crippen molar-refractivity contribution in [1.29, 1.82) is 0 Å². The summed E-state index contributed by atoms with van der Waals surface area (Å²) >= 11 is 0. The SMILES string of the molecule is C[C@@H]1NC(=O)[C@H](C)NC(=O)[C@H](C)NC(=O)[C@H]2CCCN2C(=O)[C@H](C)NC(=O)[C@H](C)NC1=O. The number of fused-ring (bicyclic) bond motifs is 1. The van der Waals surface area contributed by atoms with Crippen molar-refractivity contribution in [3.8, 4) is 0 Å². The zero-order chi connectivity index (χ0) is 24.2. The Bertz CT molecular complexity index is 801. The first-order valence-corrected chi connectivity index (χ1v) is 10.7. The molecule has 178 valence electrons. The quantitative estimate of drug-likeness (QED) is 0.273. The highest BCUT2D eigenvalue weighted by Crippen LogP contribution is 2.19. The van der Waals surface area contributed by atoms with Gasteiger partial charge in [-0.15, -0.1) is 0 Å². The minimum absolute atomic E-state index is 0.346. The van der Waals surface area contributed by atoms with Gasteiger partial charge in [0.2, 0.25) is 35.4 Å². The van der Waals surface area contributed by atoms with Gasteiger partial charge in [-0.1, -0.05) is 0 Å². The van der Waals surface area contributed by atoms with E-state index in [1.807, 2.05) is 0 Å². The summed E-state index contributed by atoms with van der Waals surface area (Å²) < 4.78 is 0. The van der Waals surface area contributed by atoms with Gasteiger partial charge in [0.15, 0.2) is 0 Å². The Morgan fingerprint density at radius 3 is 1.31 bits per heavy atom. The minimum Gasteiger partial charge on any atom is -0.343 e. The van der Waals surface area contributed by atoms with E-state index in [1.54, 1.807) is 0 Å². The molecule has 0 aromatic carbocycles. The molecule has 2 fully saturated rings. The van der Waals surface area contributed by atoms with Crippen LogP contribution in [0.3, 0.4) is 0 Å². The normalized spacial score (nSPS) is 33.7.